The van der Waals surface area contributed by atoms with E-state index in [2.05, 4.69) is 0 Å². The molecule has 0 aromatic rings. The van der Waals surface area contributed by atoms with Gasteiger partial charge >= 0.3 is 0 Å². The molecule has 0 aliphatic carbocycles. The number of hydrogen-bond donors (Lipinski definition) is 4. The van der Waals surface area contributed by atoms with Crippen molar-refractivity contribution in [1.82, 2.24) is 0 Å². The molecule has 1 heterocycles. The van der Waals surface area contributed by atoms with Crippen molar-refractivity contribution in [3.63, 3.8) is 0 Å². The molecule has 4 N–H and O–H groups in total. The molecule has 0 amide bonds. The van der Waals surface area contributed by atoms with Gasteiger partial charge in [0.25, 0.3) is 5.79 Å². The third-order valence-corrected chi connectivity index (χ3v) is 3.98. The van der Waals surface area contributed by atoms with E-state index in [1.807, 2.05) is 0 Å². The van der Waals surface area contributed by atoms with E-state index in [0.29, 0.717) is 6.92 Å². The first-order valence-electron chi connectivity index (χ1n) is 6.35. The van der Waals surface area contributed by atoms with Crippen LogP contribution in [-0.4, -0.2) is 72.8 Å². The number of aliphatic hydroxyl groups excluding tert-OH is 1. The summed E-state index contributed by atoms with van der Waals surface area (Å²) in [6.07, 6.45) is -4.36. The molecule has 2 unspecified atom stereocenters. The van der Waals surface area contributed by atoms with Crippen molar-refractivity contribution < 1.29 is 44.3 Å². The van der Waals surface area contributed by atoms with Crippen LogP contribution < -0.4 is 0 Å². The van der Waals surface area contributed by atoms with Crippen molar-refractivity contribution in [3.05, 3.63) is 0 Å². The summed E-state index contributed by atoms with van der Waals surface area (Å²) >= 11 is 0. The Bertz CT molecular complexity index is 556. The predicted molar refractivity (Wildman–Crippen MR) is 68.5 cm³/mol. The number of ether oxygens (including phenoxy) is 1. The molecule has 124 valence electrons. The van der Waals surface area contributed by atoms with Crippen LogP contribution in [0.4, 0.5) is 0 Å². The molecule has 1 aliphatic rings. The predicted octanol–water partition coefficient (Wildman–Crippen LogP) is -2.75. The van der Waals surface area contributed by atoms with Gasteiger partial charge in [-0.25, -0.2) is 0 Å². The Kier molecular flexibility index (Phi) is 4.45. The van der Waals surface area contributed by atoms with Gasteiger partial charge in [0.05, 0.1) is 0 Å². The lowest BCUT2D eigenvalue weighted by Crippen LogP contribution is -2.73. The third-order valence-electron chi connectivity index (χ3n) is 3.98. The molecule has 5 atom stereocenters. The Morgan fingerprint density at radius 3 is 1.64 bits per heavy atom. The number of carbonyl (C=O) groups is 4. The number of hydrogen-bond acceptors (Lipinski definition) is 9. The minimum atomic E-state index is -3.38. The molecule has 22 heavy (non-hydrogen) atoms. The van der Waals surface area contributed by atoms with E-state index in [4.69, 9.17) is 4.74 Å². The van der Waals surface area contributed by atoms with Crippen LogP contribution in [0.5, 0.6) is 0 Å². The Hall–Kier alpha value is -1.52. The van der Waals surface area contributed by atoms with Gasteiger partial charge in [0.15, 0.2) is 28.7 Å². The molecule has 1 saturated heterocycles. The van der Waals surface area contributed by atoms with Crippen molar-refractivity contribution >= 4 is 23.1 Å². The minimum Gasteiger partial charge on any atom is -0.382 e. The highest BCUT2D eigenvalue weighted by Gasteiger charge is 2.80. The van der Waals surface area contributed by atoms with Gasteiger partial charge in [-0.3, -0.25) is 19.2 Å². The maximum Gasteiger partial charge on any atom is 0.267 e. The molecule has 0 spiro atoms. The zero-order valence-electron chi connectivity index (χ0n) is 12.5. The molecule has 9 heteroatoms. The monoisotopic (exact) mass is 318 g/mol. The fourth-order valence-corrected chi connectivity index (χ4v) is 2.62. The van der Waals surface area contributed by atoms with Crippen molar-refractivity contribution in [2.75, 3.05) is 0 Å². The maximum atomic E-state index is 11.8. The van der Waals surface area contributed by atoms with Gasteiger partial charge in [0, 0.05) is 6.92 Å². The molecule has 1 rings (SSSR count). The molecule has 9 nitrogen and oxygen atoms in total. The Morgan fingerprint density at radius 2 is 1.36 bits per heavy atom. The van der Waals surface area contributed by atoms with Crippen LogP contribution >= 0.6 is 0 Å². The van der Waals surface area contributed by atoms with Crippen LogP contribution in [0.15, 0.2) is 0 Å². The normalized spacial score (nSPS) is 39.4. The number of ketones is 4. The zero-order valence-corrected chi connectivity index (χ0v) is 12.5. The number of rotatable bonds is 5. The molecule has 0 radical (unpaired) electrons. The second-order valence-electron chi connectivity index (χ2n) is 5.38. The first-order chi connectivity index (χ1) is 9.78. The number of aliphatic hydroxyl groups is 4. The third kappa shape index (κ3) is 1.97. The molecule has 0 aromatic carbocycles. The second-order valence-corrected chi connectivity index (χ2v) is 5.38. The molecule has 0 saturated carbocycles. The summed E-state index contributed by atoms with van der Waals surface area (Å²) in [4.78, 5) is 46.7. The first kappa shape index (κ1) is 18.5. The average molecular weight is 318 g/mol. The van der Waals surface area contributed by atoms with Gasteiger partial charge in [0.1, 0.15) is 12.2 Å². The van der Waals surface area contributed by atoms with Crippen molar-refractivity contribution in [2.24, 2.45) is 0 Å². The van der Waals surface area contributed by atoms with Crippen LogP contribution in [0.1, 0.15) is 27.7 Å². The summed E-state index contributed by atoms with van der Waals surface area (Å²) in [5.41, 5.74) is -6.57. The van der Waals surface area contributed by atoms with E-state index in [1.54, 1.807) is 0 Å². The minimum absolute atomic E-state index is 0.716. The van der Waals surface area contributed by atoms with Gasteiger partial charge in [-0.05, 0) is 20.8 Å². The van der Waals surface area contributed by atoms with Crippen molar-refractivity contribution in [1.29, 1.82) is 0 Å². The van der Waals surface area contributed by atoms with E-state index < -0.39 is 52.3 Å². The SMILES string of the molecule is CC(=O)C(O)[C@@H]1OC(O)(C(C)=O)[C@@](O)(C(C)=O)[C@]1(O)C(C)=O. The Morgan fingerprint density at radius 1 is 0.909 bits per heavy atom. The van der Waals surface area contributed by atoms with E-state index in [-0.39, 0.29) is 0 Å². The number of Topliss-reactive ketones (excluding diaryl/α,β-unsaturated/α-hetero) is 4. The summed E-state index contributed by atoms with van der Waals surface area (Å²) in [5.74, 6) is -8.17. The summed E-state index contributed by atoms with van der Waals surface area (Å²) < 4.78 is 4.78. The molecule has 1 fully saturated rings. The lowest BCUT2D eigenvalue weighted by molar-refractivity contribution is -0.250. The molecule has 0 aromatic heterocycles. The standard InChI is InChI=1S/C13H18O9/c1-5(14)9(18)10-11(19,6(2)15)12(20,7(3)16)13(21,22-10)8(4)17/h9-10,18-21H,1-4H3/t9?,10-,11-,12+,13?/m0/s1. The summed E-state index contributed by atoms with van der Waals surface area (Å²) in [5, 5.41) is 41.1. The lowest BCUT2D eigenvalue weighted by atomic mass is 9.69. The largest absolute Gasteiger partial charge is 0.382 e. The van der Waals surface area contributed by atoms with Crippen molar-refractivity contribution in [2.45, 2.75) is 56.9 Å². The van der Waals surface area contributed by atoms with Gasteiger partial charge in [-0.1, -0.05) is 0 Å². The first-order valence-corrected chi connectivity index (χ1v) is 6.35. The second kappa shape index (κ2) is 5.28. The van der Waals surface area contributed by atoms with Gasteiger partial charge in [-0.2, -0.15) is 0 Å². The van der Waals surface area contributed by atoms with Crippen LogP contribution in [0.3, 0.4) is 0 Å². The van der Waals surface area contributed by atoms with Gasteiger partial charge in [-0.15, -0.1) is 0 Å². The molecule has 0 bridgehead atoms. The fraction of sp³-hybridized carbons (Fsp3) is 0.692. The van der Waals surface area contributed by atoms with E-state index >= 15 is 0 Å². The number of carbonyl (C=O) groups excluding carboxylic acids is 4. The quantitative estimate of drug-likeness (QED) is 0.421. The van der Waals surface area contributed by atoms with Crippen LogP contribution in [0.25, 0.3) is 0 Å². The van der Waals surface area contributed by atoms with Crippen LogP contribution in [0, 0.1) is 0 Å². The lowest BCUT2D eigenvalue weighted by Gasteiger charge is -2.39. The Labute approximate surface area is 125 Å². The van der Waals surface area contributed by atoms with E-state index in [1.165, 1.54) is 0 Å². The zero-order chi connectivity index (χ0) is 17.7. The fourth-order valence-electron chi connectivity index (χ4n) is 2.62. The van der Waals surface area contributed by atoms with Crippen molar-refractivity contribution in [3.8, 4) is 0 Å². The topological polar surface area (TPSA) is 158 Å². The van der Waals surface area contributed by atoms with Crippen LogP contribution in [-0.2, 0) is 23.9 Å². The highest BCUT2D eigenvalue weighted by molar-refractivity contribution is 6.05. The summed E-state index contributed by atoms with van der Waals surface area (Å²) in [6, 6.07) is 0. The molecule has 1 aliphatic heterocycles. The van der Waals surface area contributed by atoms with Gasteiger partial charge < -0.3 is 25.2 Å². The molecular weight excluding hydrogens is 300 g/mol. The van der Waals surface area contributed by atoms with E-state index in [0.717, 1.165) is 20.8 Å². The maximum absolute atomic E-state index is 11.8. The van der Waals surface area contributed by atoms with Crippen LogP contribution in [0.2, 0.25) is 0 Å². The molecular formula is C13H18O9. The average Bonchev–Trinajstić information content (AvgIpc) is 2.59. The van der Waals surface area contributed by atoms with E-state index in [9.17, 15) is 39.6 Å². The van der Waals surface area contributed by atoms with Gasteiger partial charge in [0.2, 0.25) is 5.60 Å². The highest BCUT2D eigenvalue weighted by Crippen LogP contribution is 2.48. The Balaban J connectivity index is 3.75. The highest BCUT2D eigenvalue weighted by atomic mass is 16.7. The summed E-state index contributed by atoms with van der Waals surface area (Å²) in [6.45, 7) is 3.11. The smallest absolute Gasteiger partial charge is 0.267 e. The summed E-state index contributed by atoms with van der Waals surface area (Å²) in [7, 11) is 0.